The van der Waals surface area contributed by atoms with E-state index in [0.717, 1.165) is 0 Å². The topological polar surface area (TPSA) is 92.8 Å². The Kier molecular flexibility index (Phi) is 5.23. The molecule has 2 aliphatic rings. The predicted molar refractivity (Wildman–Crippen MR) is 85.7 cm³/mol. The van der Waals surface area contributed by atoms with E-state index in [9.17, 15) is 18.0 Å². The van der Waals surface area contributed by atoms with Crippen LogP contribution in [0.25, 0.3) is 0 Å². The zero-order valence-corrected chi connectivity index (χ0v) is 14.8. The van der Waals surface area contributed by atoms with E-state index in [1.54, 1.807) is 4.90 Å². The van der Waals surface area contributed by atoms with Crippen molar-refractivity contribution < 1.29 is 22.7 Å². The molecule has 0 unspecified atom stereocenters. The zero-order chi connectivity index (χ0) is 17.3. The molecule has 7 nitrogen and oxygen atoms in total. The Bertz CT molecular complexity index is 559. The van der Waals surface area contributed by atoms with Crippen LogP contribution in [0.3, 0.4) is 0 Å². The molecule has 0 spiro atoms. The van der Waals surface area contributed by atoms with Gasteiger partial charge < -0.3 is 15.0 Å². The van der Waals surface area contributed by atoms with Crippen molar-refractivity contribution in [3.05, 3.63) is 0 Å². The van der Waals surface area contributed by atoms with Crippen LogP contribution in [0.4, 0.5) is 4.79 Å². The first kappa shape index (κ1) is 18.0. The molecule has 0 saturated carbocycles. The summed E-state index contributed by atoms with van der Waals surface area (Å²) >= 11 is 0. The van der Waals surface area contributed by atoms with Gasteiger partial charge in [-0.1, -0.05) is 0 Å². The summed E-state index contributed by atoms with van der Waals surface area (Å²) in [5, 5.41) is 2.83. The largest absolute Gasteiger partial charge is 0.444 e. The number of nitrogens with one attached hydrogen (secondary N) is 1. The summed E-state index contributed by atoms with van der Waals surface area (Å²) in [6.45, 7) is 6.42. The molecular formula is C15H26N2O5S. The Hall–Kier alpha value is -1.31. The third kappa shape index (κ3) is 5.37. The molecule has 2 aliphatic heterocycles. The van der Waals surface area contributed by atoms with Gasteiger partial charge in [0.25, 0.3) is 0 Å². The van der Waals surface area contributed by atoms with Gasteiger partial charge in [-0.15, -0.1) is 0 Å². The Morgan fingerprint density at radius 3 is 2.22 bits per heavy atom. The summed E-state index contributed by atoms with van der Waals surface area (Å²) < 4.78 is 28.2. The van der Waals surface area contributed by atoms with Crippen molar-refractivity contribution in [2.75, 3.05) is 24.6 Å². The van der Waals surface area contributed by atoms with Gasteiger partial charge in [0, 0.05) is 25.0 Å². The molecule has 0 radical (unpaired) electrons. The van der Waals surface area contributed by atoms with E-state index in [1.807, 2.05) is 20.8 Å². The lowest BCUT2D eigenvalue weighted by Gasteiger charge is -2.33. The molecule has 23 heavy (non-hydrogen) atoms. The van der Waals surface area contributed by atoms with Gasteiger partial charge in [0.05, 0.1) is 11.5 Å². The molecule has 0 bridgehead atoms. The predicted octanol–water partition coefficient (Wildman–Crippen LogP) is 0.937. The van der Waals surface area contributed by atoms with Crippen LogP contribution < -0.4 is 5.32 Å². The average molecular weight is 346 g/mol. The van der Waals surface area contributed by atoms with Crippen molar-refractivity contribution in [2.45, 2.75) is 51.7 Å². The van der Waals surface area contributed by atoms with Crippen LogP contribution in [0, 0.1) is 5.92 Å². The monoisotopic (exact) mass is 346 g/mol. The fraction of sp³-hybridized carbons (Fsp3) is 0.867. The van der Waals surface area contributed by atoms with E-state index in [0.29, 0.717) is 32.4 Å². The standard InChI is InChI=1S/C15H26N2O5S/c1-15(2,3)22-14(19)17-7-4-11(5-8-17)13(18)16-12-6-9-23(20,21)10-12/h11-12H,4-10H2,1-3H3,(H,16,18)/t12-/m1/s1. The highest BCUT2D eigenvalue weighted by Crippen LogP contribution is 2.21. The molecule has 1 N–H and O–H groups in total. The van der Waals surface area contributed by atoms with Crippen molar-refractivity contribution in [3.8, 4) is 0 Å². The highest BCUT2D eigenvalue weighted by atomic mass is 32.2. The summed E-state index contributed by atoms with van der Waals surface area (Å²) in [5.74, 6) is -0.0854. The Morgan fingerprint density at radius 2 is 1.74 bits per heavy atom. The first-order valence-corrected chi connectivity index (χ1v) is 9.86. The lowest BCUT2D eigenvalue weighted by molar-refractivity contribution is -0.127. The summed E-state index contributed by atoms with van der Waals surface area (Å²) in [5.41, 5.74) is -0.529. The second-order valence-electron chi connectivity index (χ2n) is 7.35. The Labute approximate surface area is 137 Å². The van der Waals surface area contributed by atoms with E-state index < -0.39 is 15.4 Å². The van der Waals surface area contributed by atoms with Crippen molar-refractivity contribution >= 4 is 21.8 Å². The smallest absolute Gasteiger partial charge is 0.410 e. The maximum Gasteiger partial charge on any atom is 0.410 e. The van der Waals surface area contributed by atoms with Crippen LogP contribution in [-0.2, 0) is 19.4 Å². The van der Waals surface area contributed by atoms with Gasteiger partial charge in [0.2, 0.25) is 5.91 Å². The second kappa shape index (κ2) is 6.67. The minimum absolute atomic E-state index is 0.0372. The van der Waals surface area contributed by atoms with Crippen LogP contribution in [0.5, 0.6) is 0 Å². The van der Waals surface area contributed by atoms with E-state index in [4.69, 9.17) is 4.74 Å². The SMILES string of the molecule is CC(C)(C)OC(=O)N1CCC(C(=O)N[C@@H]2CCS(=O)(=O)C2)CC1. The summed E-state index contributed by atoms with van der Waals surface area (Å²) in [7, 11) is -2.99. The number of ether oxygens (including phenoxy) is 1. The third-order valence-corrected chi connectivity index (χ3v) is 5.86. The third-order valence-electron chi connectivity index (χ3n) is 4.10. The first-order valence-electron chi connectivity index (χ1n) is 8.04. The zero-order valence-electron chi connectivity index (χ0n) is 14.0. The van der Waals surface area contributed by atoms with E-state index in [1.165, 1.54) is 0 Å². The molecule has 0 aromatic heterocycles. The van der Waals surface area contributed by atoms with Crippen LogP contribution in [0.1, 0.15) is 40.0 Å². The van der Waals surface area contributed by atoms with Gasteiger partial charge in [-0.2, -0.15) is 0 Å². The van der Waals surface area contributed by atoms with Gasteiger partial charge in [0.1, 0.15) is 5.60 Å². The van der Waals surface area contributed by atoms with Crippen molar-refractivity contribution in [2.24, 2.45) is 5.92 Å². The number of likely N-dealkylation sites (tertiary alicyclic amines) is 1. The van der Waals surface area contributed by atoms with Crippen LogP contribution >= 0.6 is 0 Å². The normalized spacial score (nSPS) is 25.2. The van der Waals surface area contributed by atoms with Gasteiger partial charge in [-0.05, 0) is 40.0 Å². The van der Waals surface area contributed by atoms with E-state index >= 15 is 0 Å². The van der Waals surface area contributed by atoms with Gasteiger partial charge in [0.15, 0.2) is 9.84 Å². The molecule has 2 fully saturated rings. The minimum Gasteiger partial charge on any atom is -0.444 e. The van der Waals surface area contributed by atoms with Gasteiger partial charge in [-0.3, -0.25) is 4.79 Å². The second-order valence-corrected chi connectivity index (χ2v) is 9.58. The van der Waals surface area contributed by atoms with Crippen molar-refractivity contribution in [3.63, 3.8) is 0 Å². The van der Waals surface area contributed by atoms with Gasteiger partial charge >= 0.3 is 6.09 Å². The maximum atomic E-state index is 12.2. The average Bonchev–Trinajstić information content (AvgIpc) is 2.76. The summed E-state index contributed by atoms with van der Waals surface area (Å²) in [6, 6.07) is -0.267. The number of carbonyl (C=O) groups excluding carboxylic acids is 2. The quantitative estimate of drug-likeness (QED) is 0.803. The molecule has 1 atom stereocenters. The molecule has 0 aromatic rings. The number of piperidine rings is 1. The molecule has 8 heteroatoms. The molecule has 2 saturated heterocycles. The van der Waals surface area contributed by atoms with Crippen LogP contribution in [0.2, 0.25) is 0 Å². The highest BCUT2D eigenvalue weighted by molar-refractivity contribution is 7.91. The van der Waals surface area contributed by atoms with Gasteiger partial charge in [-0.25, -0.2) is 13.2 Å². The number of nitrogens with zero attached hydrogens (tertiary/aromatic N) is 1. The number of amides is 2. The minimum atomic E-state index is -2.99. The number of hydrogen-bond donors (Lipinski definition) is 1. The van der Waals surface area contributed by atoms with Crippen molar-refractivity contribution in [1.29, 1.82) is 0 Å². The molecule has 2 heterocycles. The first-order chi connectivity index (χ1) is 10.6. The fourth-order valence-corrected chi connectivity index (χ4v) is 4.55. The molecule has 0 aromatic carbocycles. The van der Waals surface area contributed by atoms with E-state index in [-0.39, 0.29) is 35.5 Å². The Balaban J connectivity index is 1.78. The Morgan fingerprint density at radius 1 is 1.13 bits per heavy atom. The molecule has 2 rings (SSSR count). The highest BCUT2D eigenvalue weighted by Gasteiger charge is 2.33. The number of sulfone groups is 1. The van der Waals surface area contributed by atoms with Crippen LogP contribution in [0.15, 0.2) is 0 Å². The summed E-state index contributed by atoms with van der Waals surface area (Å²) in [4.78, 5) is 25.8. The molecule has 0 aliphatic carbocycles. The number of carbonyl (C=O) groups is 2. The summed E-state index contributed by atoms with van der Waals surface area (Å²) in [6.07, 6.45) is 1.29. The lowest BCUT2D eigenvalue weighted by atomic mass is 9.96. The molecule has 2 amide bonds. The van der Waals surface area contributed by atoms with E-state index in [2.05, 4.69) is 5.32 Å². The maximum absolute atomic E-state index is 12.2. The molecule has 132 valence electrons. The van der Waals surface area contributed by atoms with Crippen molar-refractivity contribution in [1.82, 2.24) is 10.2 Å². The fourth-order valence-electron chi connectivity index (χ4n) is 2.88. The number of rotatable bonds is 2. The lowest BCUT2D eigenvalue weighted by Crippen LogP contribution is -2.46. The number of hydrogen-bond acceptors (Lipinski definition) is 5. The molecular weight excluding hydrogens is 320 g/mol. The van der Waals surface area contributed by atoms with Crippen LogP contribution in [-0.4, -0.2) is 61.6 Å².